The van der Waals surface area contributed by atoms with Gasteiger partial charge in [-0.25, -0.2) is 0 Å². The van der Waals surface area contributed by atoms with Crippen molar-refractivity contribution in [1.82, 2.24) is 5.32 Å². The predicted molar refractivity (Wildman–Crippen MR) is 113 cm³/mol. The number of methoxy groups -OCH3 is 1. The zero-order valence-corrected chi connectivity index (χ0v) is 16.6. The van der Waals surface area contributed by atoms with Crippen LogP contribution in [0.3, 0.4) is 0 Å². The Balaban J connectivity index is 1.82. The Labute approximate surface area is 170 Å². The van der Waals surface area contributed by atoms with Gasteiger partial charge in [0.05, 0.1) is 13.2 Å². The van der Waals surface area contributed by atoms with Gasteiger partial charge >= 0.3 is 0 Å². The summed E-state index contributed by atoms with van der Waals surface area (Å²) in [5, 5.41) is 11.3. The zero-order chi connectivity index (χ0) is 21.1. The number of anilines is 3. The summed E-state index contributed by atoms with van der Waals surface area (Å²) in [5.74, 6) is -0.502. The van der Waals surface area contributed by atoms with Crippen molar-refractivity contribution in [3.05, 3.63) is 54.1 Å². The summed E-state index contributed by atoms with van der Waals surface area (Å²) in [6.45, 7) is 2.73. The molecule has 2 aromatic rings. The van der Waals surface area contributed by atoms with Gasteiger partial charge in [-0.05, 0) is 42.5 Å². The first-order chi connectivity index (χ1) is 14.0. The number of rotatable bonds is 10. The molecule has 0 radical (unpaired) electrons. The van der Waals surface area contributed by atoms with Crippen molar-refractivity contribution in [1.29, 1.82) is 0 Å². The van der Waals surface area contributed by atoms with Crippen molar-refractivity contribution in [3.63, 3.8) is 0 Å². The second-order valence-corrected chi connectivity index (χ2v) is 6.21. The highest BCUT2D eigenvalue weighted by Crippen LogP contribution is 2.15. The fourth-order valence-corrected chi connectivity index (χ4v) is 2.42. The normalized spacial score (nSPS) is 10.1. The van der Waals surface area contributed by atoms with E-state index in [-0.39, 0.29) is 24.3 Å². The molecule has 0 heterocycles. The summed E-state index contributed by atoms with van der Waals surface area (Å²) in [7, 11) is 1.57. The third-order valence-electron chi connectivity index (χ3n) is 3.94. The average molecular weight is 398 g/mol. The molecule has 0 aromatic heterocycles. The lowest BCUT2D eigenvalue weighted by molar-refractivity contribution is -0.116. The lowest BCUT2D eigenvalue weighted by Crippen LogP contribution is -2.26. The van der Waals surface area contributed by atoms with Gasteiger partial charge in [-0.15, -0.1) is 0 Å². The van der Waals surface area contributed by atoms with Gasteiger partial charge in [-0.3, -0.25) is 14.4 Å². The van der Waals surface area contributed by atoms with Crippen LogP contribution in [0.1, 0.15) is 23.7 Å². The van der Waals surface area contributed by atoms with E-state index in [1.165, 1.54) is 0 Å². The standard InChI is InChI=1S/C21H26N4O4/c1-3-19(26)24-17-5-4-6-18(13-17)25-20(27)14-23-16-9-7-15(8-10-16)21(28)22-11-12-29-2/h4-10,13,23H,3,11-12,14H2,1-2H3,(H,22,28)(H,24,26)(H,25,27). The molecule has 0 aliphatic rings. The van der Waals surface area contributed by atoms with Crippen molar-refractivity contribution < 1.29 is 19.1 Å². The molecule has 0 aliphatic heterocycles. The van der Waals surface area contributed by atoms with Crippen molar-refractivity contribution in [2.24, 2.45) is 0 Å². The first-order valence-corrected chi connectivity index (χ1v) is 9.32. The molecule has 8 nitrogen and oxygen atoms in total. The molecule has 2 aromatic carbocycles. The van der Waals surface area contributed by atoms with Gasteiger partial charge in [0, 0.05) is 42.7 Å². The molecule has 0 saturated carbocycles. The number of carbonyl (C=O) groups excluding carboxylic acids is 3. The molecule has 2 rings (SSSR count). The van der Waals surface area contributed by atoms with E-state index >= 15 is 0 Å². The van der Waals surface area contributed by atoms with E-state index in [2.05, 4.69) is 21.3 Å². The Hall–Kier alpha value is -3.39. The van der Waals surface area contributed by atoms with Gasteiger partial charge in [0.1, 0.15) is 0 Å². The van der Waals surface area contributed by atoms with Crippen LogP contribution in [0.2, 0.25) is 0 Å². The van der Waals surface area contributed by atoms with Crippen molar-refractivity contribution in [2.75, 3.05) is 42.8 Å². The molecular weight excluding hydrogens is 372 g/mol. The van der Waals surface area contributed by atoms with Gasteiger partial charge in [-0.1, -0.05) is 13.0 Å². The van der Waals surface area contributed by atoms with Crippen LogP contribution in [-0.4, -0.2) is 44.5 Å². The van der Waals surface area contributed by atoms with Gasteiger partial charge in [0.15, 0.2) is 0 Å². The van der Waals surface area contributed by atoms with E-state index < -0.39 is 0 Å². The Bertz CT molecular complexity index is 837. The highest BCUT2D eigenvalue weighted by Gasteiger charge is 2.07. The topological polar surface area (TPSA) is 109 Å². The van der Waals surface area contributed by atoms with Crippen molar-refractivity contribution in [2.45, 2.75) is 13.3 Å². The monoisotopic (exact) mass is 398 g/mol. The molecule has 154 valence electrons. The van der Waals surface area contributed by atoms with Crippen molar-refractivity contribution >= 4 is 34.8 Å². The van der Waals surface area contributed by atoms with Gasteiger partial charge in [0.2, 0.25) is 11.8 Å². The van der Waals surface area contributed by atoms with E-state index in [4.69, 9.17) is 4.74 Å². The fourth-order valence-electron chi connectivity index (χ4n) is 2.42. The Morgan fingerprint density at radius 1 is 0.897 bits per heavy atom. The fraction of sp³-hybridized carbons (Fsp3) is 0.286. The summed E-state index contributed by atoms with van der Waals surface area (Å²) in [6.07, 6.45) is 0.383. The SMILES string of the molecule is CCC(=O)Nc1cccc(NC(=O)CNc2ccc(C(=O)NCCOC)cc2)c1. The quantitative estimate of drug-likeness (QED) is 0.460. The number of hydrogen-bond donors (Lipinski definition) is 4. The van der Waals surface area contributed by atoms with E-state index in [0.29, 0.717) is 36.5 Å². The molecule has 0 unspecified atom stereocenters. The highest BCUT2D eigenvalue weighted by molar-refractivity contribution is 5.96. The van der Waals surface area contributed by atoms with E-state index in [1.807, 2.05) is 0 Å². The third-order valence-corrected chi connectivity index (χ3v) is 3.94. The van der Waals surface area contributed by atoms with Crippen LogP contribution >= 0.6 is 0 Å². The van der Waals surface area contributed by atoms with Crippen LogP contribution in [-0.2, 0) is 14.3 Å². The first kappa shape index (κ1) is 21.9. The molecule has 8 heteroatoms. The summed E-state index contributed by atoms with van der Waals surface area (Å²) in [6, 6.07) is 13.8. The minimum Gasteiger partial charge on any atom is -0.383 e. The Kier molecular flexibility index (Phi) is 8.65. The Morgan fingerprint density at radius 2 is 1.55 bits per heavy atom. The lowest BCUT2D eigenvalue weighted by atomic mass is 10.2. The molecular formula is C21H26N4O4. The van der Waals surface area contributed by atoms with E-state index in [0.717, 1.165) is 5.69 Å². The van der Waals surface area contributed by atoms with E-state index in [9.17, 15) is 14.4 Å². The highest BCUT2D eigenvalue weighted by atomic mass is 16.5. The summed E-state index contributed by atoms with van der Waals surface area (Å²) in [4.78, 5) is 35.6. The molecule has 0 aliphatic carbocycles. The number of nitrogens with one attached hydrogen (secondary N) is 4. The first-order valence-electron chi connectivity index (χ1n) is 9.32. The molecule has 0 fully saturated rings. The second-order valence-electron chi connectivity index (χ2n) is 6.21. The van der Waals surface area contributed by atoms with Gasteiger partial charge in [0.25, 0.3) is 5.91 Å². The number of benzene rings is 2. The molecule has 4 N–H and O–H groups in total. The number of carbonyl (C=O) groups is 3. The Morgan fingerprint density at radius 3 is 2.17 bits per heavy atom. The molecule has 29 heavy (non-hydrogen) atoms. The van der Waals surface area contributed by atoms with Crippen LogP contribution in [0.5, 0.6) is 0 Å². The summed E-state index contributed by atoms with van der Waals surface area (Å²) >= 11 is 0. The van der Waals surface area contributed by atoms with Crippen LogP contribution in [0.15, 0.2) is 48.5 Å². The van der Waals surface area contributed by atoms with Gasteiger partial charge < -0.3 is 26.0 Å². The number of ether oxygens (including phenoxy) is 1. The zero-order valence-electron chi connectivity index (χ0n) is 16.6. The van der Waals surface area contributed by atoms with Gasteiger partial charge in [-0.2, -0.15) is 0 Å². The average Bonchev–Trinajstić information content (AvgIpc) is 2.73. The maximum Gasteiger partial charge on any atom is 0.251 e. The number of hydrogen-bond acceptors (Lipinski definition) is 5. The predicted octanol–water partition coefficient (Wildman–Crippen LogP) is 2.46. The van der Waals surface area contributed by atoms with Crippen LogP contribution in [0.25, 0.3) is 0 Å². The van der Waals surface area contributed by atoms with E-state index in [1.54, 1.807) is 62.6 Å². The van der Waals surface area contributed by atoms with Crippen LogP contribution in [0, 0.1) is 0 Å². The minimum atomic E-state index is -0.231. The molecule has 0 spiro atoms. The molecule has 0 atom stereocenters. The molecule has 0 bridgehead atoms. The van der Waals surface area contributed by atoms with Crippen molar-refractivity contribution in [3.8, 4) is 0 Å². The maximum absolute atomic E-state index is 12.2. The summed E-state index contributed by atoms with van der Waals surface area (Å²) < 4.78 is 4.89. The number of amides is 3. The van der Waals surface area contributed by atoms with Crippen LogP contribution in [0.4, 0.5) is 17.1 Å². The second kappa shape index (κ2) is 11.5. The molecule has 0 saturated heterocycles. The molecule has 3 amide bonds. The lowest BCUT2D eigenvalue weighted by Gasteiger charge is -2.10. The summed E-state index contributed by atoms with van der Waals surface area (Å²) in [5.41, 5.74) is 2.47. The van der Waals surface area contributed by atoms with Crippen LogP contribution < -0.4 is 21.3 Å². The maximum atomic E-state index is 12.2. The smallest absolute Gasteiger partial charge is 0.251 e. The minimum absolute atomic E-state index is 0.0604. The third kappa shape index (κ3) is 7.63. The largest absolute Gasteiger partial charge is 0.383 e.